The van der Waals surface area contributed by atoms with Crippen LogP contribution in [0.3, 0.4) is 0 Å². The van der Waals surface area contributed by atoms with Crippen molar-refractivity contribution in [2.45, 2.75) is 45.2 Å². The lowest BCUT2D eigenvalue weighted by Gasteiger charge is -2.16. The van der Waals surface area contributed by atoms with Crippen LogP contribution in [0.1, 0.15) is 44.7 Å². The van der Waals surface area contributed by atoms with Crippen LogP contribution in [0, 0.1) is 0 Å². The van der Waals surface area contributed by atoms with Gasteiger partial charge in [0.05, 0.1) is 12.1 Å². The van der Waals surface area contributed by atoms with E-state index in [9.17, 15) is 4.79 Å². The molecule has 2 atom stereocenters. The Balaban J connectivity index is 2.39. The summed E-state index contributed by atoms with van der Waals surface area (Å²) in [6.07, 6.45) is 2.83. The molecule has 4 heteroatoms. The molecule has 0 saturated carbocycles. The van der Waals surface area contributed by atoms with E-state index in [2.05, 4.69) is 12.2 Å². The number of hydrogen-bond acceptors (Lipinski definition) is 3. The summed E-state index contributed by atoms with van der Waals surface area (Å²) in [6, 6.07) is 1.69. The molecule has 0 aliphatic heterocycles. The summed E-state index contributed by atoms with van der Waals surface area (Å²) in [5, 5.41) is 6.99. The average molecular weight is 240 g/mol. The standard InChI is InChI=1S/C12H20N2OS/c1-3-4-5-11(13)12(15)14-9(2)10-6-7-16-8-10/h6-9,11H,3-5,13H2,1-2H3,(H,14,15). The highest BCUT2D eigenvalue weighted by molar-refractivity contribution is 7.07. The van der Waals surface area contributed by atoms with Crippen molar-refractivity contribution in [2.24, 2.45) is 5.73 Å². The van der Waals surface area contributed by atoms with E-state index >= 15 is 0 Å². The fourth-order valence-corrected chi connectivity index (χ4v) is 2.23. The highest BCUT2D eigenvalue weighted by atomic mass is 32.1. The second-order valence-corrected chi connectivity index (χ2v) is 4.82. The smallest absolute Gasteiger partial charge is 0.237 e. The number of unbranched alkanes of at least 4 members (excludes halogenated alkanes) is 1. The van der Waals surface area contributed by atoms with Gasteiger partial charge >= 0.3 is 0 Å². The van der Waals surface area contributed by atoms with Crippen molar-refractivity contribution in [3.63, 3.8) is 0 Å². The second-order valence-electron chi connectivity index (χ2n) is 4.04. The van der Waals surface area contributed by atoms with Crippen LogP contribution in [0.2, 0.25) is 0 Å². The van der Waals surface area contributed by atoms with E-state index in [4.69, 9.17) is 5.73 Å². The van der Waals surface area contributed by atoms with Gasteiger partial charge in [-0.2, -0.15) is 11.3 Å². The first-order valence-corrected chi connectivity index (χ1v) is 6.67. The molecule has 3 nitrogen and oxygen atoms in total. The molecule has 1 amide bonds. The normalized spacial score (nSPS) is 14.4. The molecule has 0 aliphatic carbocycles. The molecule has 1 heterocycles. The van der Waals surface area contributed by atoms with E-state index in [0.717, 1.165) is 24.8 Å². The summed E-state index contributed by atoms with van der Waals surface area (Å²) in [5.41, 5.74) is 6.94. The molecular weight excluding hydrogens is 220 g/mol. The largest absolute Gasteiger partial charge is 0.348 e. The SMILES string of the molecule is CCCCC(N)C(=O)NC(C)c1ccsc1. The molecule has 2 unspecified atom stereocenters. The van der Waals surface area contributed by atoms with Gasteiger partial charge in [0.1, 0.15) is 0 Å². The van der Waals surface area contributed by atoms with Crippen LogP contribution in [0.15, 0.2) is 16.8 Å². The Bertz CT molecular complexity index is 311. The van der Waals surface area contributed by atoms with Crippen LogP contribution in [-0.4, -0.2) is 11.9 Å². The van der Waals surface area contributed by atoms with Crippen LogP contribution < -0.4 is 11.1 Å². The first-order chi connectivity index (χ1) is 7.65. The number of rotatable bonds is 6. The highest BCUT2D eigenvalue weighted by Gasteiger charge is 2.15. The van der Waals surface area contributed by atoms with E-state index in [0.29, 0.717) is 0 Å². The number of amides is 1. The molecule has 3 N–H and O–H groups in total. The molecule has 1 rings (SSSR count). The lowest BCUT2D eigenvalue weighted by Crippen LogP contribution is -2.41. The summed E-state index contributed by atoms with van der Waals surface area (Å²) < 4.78 is 0. The third-order valence-corrected chi connectivity index (χ3v) is 3.31. The Morgan fingerprint density at radius 2 is 2.38 bits per heavy atom. The molecule has 0 aliphatic rings. The van der Waals surface area contributed by atoms with Crippen molar-refractivity contribution in [3.05, 3.63) is 22.4 Å². The van der Waals surface area contributed by atoms with Crippen LogP contribution in [0.25, 0.3) is 0 Å². The molecule has 0 bridgehead atoms. The van der Waals surface area contributed by atoms with E-state index < -0.39 is 0 Å². The van der Waals surface area contributed by atoms with Gasteiger partial charge in [-0.15, -0.1) is 0 Å². The van der Waals surface area contributed by atoms with E-state index in [1.807, 2.05) is 23.8 Å². The van der Waals surface area contributed by atoms with Gasteiger partial charge in [-0.3, -0.25) is 4.79 Å². The quantitative estimate of drug-likeness (QED) is 0.802. The number of thiophene rings is 1. The predicted octanol–water partition coefficient (Wildman–Crippen LogP) is 2.44. The van der Waals surface area contributed by atoms with E-state index in [-0.39, 0.29) is 18.0 Å². The minimum atomic E-state index is -0.374. The minimum absolute atomic E-state index is 0.0476. The van der Waals surface area contributed by atoms with Gasteiger partial charge in [0.15, 0.2) is 0 Å². The molecular formula is C12H20N2OS. The van der Waals surface area contributed by atoms with Crippen molar-refractivity contribution in [1.29, 1.82) is 0 Å². The molecule has 16 heavy (non-hydrogen) atoms. The lowest BCUT2D eigenvalue weighted by molar-refractivity contribution is -0.123. The Hall–Kier alpha value is -0.870. The maximum absolute atomic E-state index is 11.7. The molecule has 0 spiro atoms. The summed E-state index contributed by atoms with van der Waals surface area (Å²) in [6.45, 7) is 4.07. The summed E-state index contributed by atoms with van der Waals surface area (Å²) in [5.74, 6) is -0.0489. The number of nitrogens with one attached hydrogen (secondary N) is 1. The molecule has 0 saturated heterocycles. The molecule has 0 radical (unpaired) electrons. The maximum Gasteiger partial charge on any atom is 0.237 e. The average Bonchev–Trinajstić information content (AvgIpc) is 2.79. The second kappa shape index (κ2) is 6.66. The first kappa shape index (κ1) is 13.2. The summed E-state index contributed by atoms with van der Waals surface area (Å²) in [4.78, 5) is 11.7. The Morgan fingerprint density at radius 3 is 2.94 bits per heavy atom. The topological polar surface area (TPSA) is 55.1 Å². The van der Waals surface area contributed by atoms with E-state index in [1.165, 1.54) is 0 Å². The molecule has 90 valence electrons. The minimum Gasteiger partial charge on any atom is -0.348 e. The van der Waals surface area contributed by atoms with Crippen LogP contribution >= 0.6 is 11.3 Å². The monoisotopic (exact) mass is 240 g/mol. The number of nitrogens with two attached hydrogens (primary N) is 1. The molecule has 0 fully saturated rings. The third-order valence-electron chi connectivity index (χ3n) is 2.61. The van der Waals surface area contributed by atoms with Crippen LogP contribution in [0.4, 0.5) is 0 Å². The van der Waals surface area contributed by atoms with Crippen molar-refractivity contribution in [1.82, 2.24) is 5.32 Å². The highest BCUT2D eigenvalue weighted by Crippen LogP contribution is 2.15. The number of carbonyl (C=O) groups excluding carboxylic acids is 1. The van der Waals surface area contributed by atoms with Crippen molar-refractivity contribution in [3.8, 4) is 0 Å². The number of hydrogen-bond donors (Lipinski definition) is 2. The van der Waals surface area contributed by atoms with Crippen LogP contribution in [0.5, 0.6) is 0 Å². The Morgan fingerprint density at radius 1 is 1.62 bits per heavy atom. The summed E-state index contributed by atoms with van der Waals surface area (Å²) >= 11 is 1.63. The van der Waals surface area contributed by atoms with Crippen molar-refractivity contribution >= 4 is 17.2 Å². The fraction of sp³-hybridized carbons (Fsp3) is 0.583. The Labute approximate surface area is 101 Å². The van der Waals surface area contributed by atoms with Gasteiger partial charge in [-0.05, 0) is 35.7 Å². The van der Waals surface area contributed by atoms with Gasteiger partial charge in [0.2, 0.25) is 5.91 Å². The zero-order valence-corrected chi connectivity index (χ0v) is 10.7. The third kappa shape index (κ3) is 3.94. The molecule has 0 aromatic carbocycles. The van der Waals surface area contributed by atoms with Crippen LogP contribution in [-0.2, 0) is 4.79 Å². The maximum atomic E-state index is 11.7. The van der Waals surface area contributed by atoms with Gasteiger partial charge < -0.3 is 11.1 Å². The van der Waals surface area contributed by atoms with E-state index in [1.54, 1.807) is 11.3 Å². The van der Waals surface area contributed by atoms with Gasteiger partial charge in [0.25, 0.3) is 0 Å². The Kier molecular flexibility index (Phi) is 5.49. The van der Waals surface area contributed by atoms with Crippen molar-refractivity contribution < 1.29 is 4.79 Å². The lowest BCUT2D eigenvalue weighted by atomic mass is 10.1. The zero-order chi connectivity index (χ0) is 12.0. The fourth-order valence-electron chi connectivity index (χ4n) is 1.48. The predicted molar refractivity (Wildman–Crippen MR) is 68.4 cm³/mol. The molecule has 1 aromatic heterocycles. The molecule has 1 aromatic rings. The van der Waals surface area contributed by atoms with Gasteiger partial charge in [-0.1, -0.05) is 19.8 Å². The number of carbonyl (C=O) groups is 1. The first-order valence-electron chi connectivity index (χ1n) is 5.73. The van der Waals surface area contributed by atoms with Gasteiger partial charge in [0, 0.05) is 0 Å². The van der Waals surface area contributed by atoms with Gasteiger partial charge in [-0.25, -0.2) is 0 Å². The summed E-state index contributed by atoms with van der Waals surface area (Å²) in [7, 11) is 0. The van der Waals surface area contributed by atoms with Crippen molar-refractivity contribution in [2.75, 3.05) is 0 Å². The zero-order valence-electron chi connectivity index (χ0n) is 9.90.